The topological polar surface area (TPSA) is 123 Å². The Morgan fingerprint density at radius 1 is 1.09 bits per heavy atom. The number of anilines is 1. The number of hydrogen-bond acceptors (Lipinski definition) is 5. The van der Waals surface area contributed by atoms with Gasteiger partial charge in [0.05, 0.1) is 11.9 Å². The summed E-state index contributed by atoms with van der Waals surface area (Å²) in [6.45, 7) is 1.97. The number of nitrogens with one attached hydrogen (secondary N) is 2. The number of aliphatic carboxylic acids is 1. The van der Waals surface area contributed by atoms with Gasteiger partial charge in [-0.25, -0.2) is 9.59 Å². The number of carboxylic acids is 1. The Kier molecular flexibility index (Phi) is 7.45. The Labute approximate surface area is 203 Å². The second-order valence-electron chi connectivity index (χ2n) is 8.48. The number of fused-ring (bicyclic) bond motifs is 3. The Hall–Kier alpha value is -4.14. The van der Waals surface area contributed by atoms with E-state index in [1.807, 2.05) is 43.3 Å². The van der Waals surface area contributed by atoms with Gasteiger partial charge in [0.15, 0.2) is 0 Å². The fourth-order valence-corrected chi connectivity index (χ4v) is 4.32. The van der Waals surface area contributed by atoms with Crippen molar-refractivity contribution in [3.05, 3.63) is 72.1 Å². The van der Waals surface area contributed by atoms with Crippen LogP contribution in [0.4, 0.5) is 10.5 Å². The van der Waals surface area contributed by atoms with Crippen molar-refractivity contribution in [1.82, 2.24) is 15.1 Å². The largest absolute Gasteiger partial charge is 0.480 e. The summed E-state index contributed by atoms with van der Waals surface area (Å²) in [7, 11) is 0. The highest BCUT2D eigenvalue weighted by molar-refractivity contribution is 5.85. The van der Waals surface area contributed by atoms with Crippen molar-refractivity contribution in [2.75, 3.05) is 11.9 Å². The third kappa shape index (κ3) is 5.68. The van der Waals surface area contributed by atoms with Gasteiger partial charge in [0.25, 0.3) is 0 Å². The number of nitrogens with zero attached hydrogens (tertiary/aromatic N) is 2. The summed E-state index contributed by atoms with van der Waals surface area (Å²) in [5.41, 5.74) is 4.92. The highest BCUT2D eigenvalue weighted by Crippen LogP contribution is 2.44. The van der Waals surface area contributed by atoms with Crippen LogP contribution in [0.2, 0.25) is 0 Å². The van der Waals surface area contributed by atoms with E-state index in [9.17, 15) is 19.5 Å². The van der Waals surface area contributed by atoms with Crippen molar-refractivity contribution in [3.8, 4) is 11.1 Å². The molecule has 1 aromatic heterocycles. The van der Waals surface area contributed by atoms with Crippen molar-refractivity contribution >= 4 is 23.7 Å². The molecule has 0 saturated heterocycles. The molecule has 0 fully saturated rings. The van der Waals surface area contributed by atoms with Crippen LogP contribution in [0.25, 0.3) is 11.1 Å². The normalized spacial score (nSPS) is 12.9. The van der Waals surface area contributed by atoms with E-state index in [1.54, 1.807) is 0 Å². The van der Waals surface area contributed by atoms with Gasteiger partial charge in [-0.2, -0.15) is 5.10 Å². The lowest BCUT2D eigenvalue weighted by Crippen LogP contribution is -2.42. The summed E-state index contributed by atoms with van der Waals surface area (Å²) >= 11 is 0. The number of hydrogen-bond donors (Lipinski definition) is 3. The molecule has 9 heteroatoms. The molecule has 182 valence electrons. The Bertz CT molecular complexity index is 1180. The number of carbonyl (C=O) groups is 3. The van der Waals surface area contributed by atoms with Crippen LogP contribution < -0.4 is 10.6 Å². The molecule has 1 aliphatic carbocycles. The molecule has 3 N–H and O–H groups in total. The van der Waals surface area contributed by atoms with Crippen LogP contribution in [0.1, 0.15) is 43.2 Å². The average Bonchev–Trinajstić information content (AvgIpc) is 3.41. The smallest absolute Gasteiger partial charge is 0.411 e. The minimum absolute atomic E-state index is 0.0468. The maximum absolute atomic E-state index is 12.4. The van der Waals surface area contributed by atoms with Crippen LogP contribution in [0.5, 0.6) is 0 Å². The SMILES string of the molecule is CCCCC(NC(=O)Cn1cc(NC(=O)OCC2c3ccccc3-c3ccccc32)cn1)C(=O)O. The molecule has 0 spiro atoms. The minimum atomic E-state index is -1.06. The first kappa shape index (κ1) is 24.0. The molecule has 4 rings (SSSR count). The number of carbonyl (C=O) groups excluding carboxylic acids is 2. The molecule has 1 atom stereocenters. The zero-order chi connectivity index (χ0) is 24.8. The predicted molar refractivity (Wildman–Crippen MR) is 130 cm³/mol. The molecular weight excluding hydrogens is 448 g/mol. The Balaban J connectivity index is 1.30. The first-order valence-corrected chi connectivity index (χ1v) is 11.6. The predicted octanol–water partition coefficient (Wildman–Crippen LogP) is 4.00. The van der Waals surface area contributed by atoms with Gasteiger partial charge in [0.1, 0.15) is 19.2 Å². The van der Waals surface area contributed by atoms with Gasteiger partial charge in [0.2, 0.25) is 5.91 Å². The Morgan fingerprint density at radius 2 is 1.74 bits per heavy atom. The molecule has 3 aromatic rings. The third-order valence-corrected chi connectivity index (χ3v) is 6.01. The number of unbranched alkanes of at least 4 members (excludes halogenated alkanes) is 1. The number of benzene rings is 2. The van der Waals surface area contributed by atoms with E-state index >= 15 is 0 Å². The molecule has 2 amide bonds. The van der Waals surface area contributed by atoms with Crippen LogP contribution in [0, 0.1) is 0 Å². The summed E-state index contributed by atoms with van der Waals surface area (Å²) in [6.07, 6.45) is 4.17. The molecule has 9 nitrogen and oxygen atoms in total. The van der Waals surface area contributed by atoms with E-state index in [0.717, 1.165) is 28.7 Å². The van der Waals surface area contributed by atoms with Crippen molar-refractivity contribution in [1.29, 1.82) is 0 Å². The average molecular weight is 477 g/mol. The summed E-state index contributed by atoms with van der Waals surface area (Å²) in [5, 5.41) is 18.4. The van der Waals surface area contributed by atoms with Crippen LogP contribution >= 0.6 is 0 Å². The van der Waals surface area contributed by atoms with Crippen molar-refractivity contribution < 1.29 is 24.2 Å². The highest BCUT2D eigenvalue weighted by Gasteiger charge is 2.29. The summed E-state index contributed by atoms with van der Waals surface area (Å²) < 4.78 is 6.85. The van der Waals surface area contributed by atoms with Crippen LogP contribution in [0.15, 0.2) is 60.9 Å². The minimum Gasteiger partial charge on any atom is -0.480 e. The van der Waals surface area contributed by atoms with E-state index in [2.05, 4.69) is 27.9 Å². The number of ether oxygens (including phenoxy) is 1. The fourth-order valence-electron chi connectivity index (χ4n) is 4.32. The molecule has 1 aliphatic rings. The number of amides is 2. The van der Waals surface area contributed by atoms with E-state index in [1.165, 1.54) is 17.1 Å². The molecule has 1 unspecified atom stereocenters. The Morgan fingerprint density at radius 3 is 2.37 bits per heavy atom. The van der Waals surface area contributed by atoms with Gasteiger partial charge in [-0.15, -0.1) is 0 Å². The van der Waals surface area contributed by atoms with E-state index in [0.29, 0.717) is 18.5 Å². The standard InChI is InChI=1S/C26H28N4O5/c1-2-3-12-23(25(32)33)29-24(31)15-30-14-17(13-27-30)28-26(34)35-16-22-20-10-6-4-8-18(20)19-9-5-7-11-21(19)22/h4-11,13-14,22-23H,2-3,12,15-16H2,1H3,(H,28,34)(H,29,31)(H,32,33). The molecule has 2 aromatic carbocycles. The quantitative estimate of drug-likeness (QED) is 0.406. The third-order valence-electron chi connectivity index (χ3n) is 6.01. The number of carboxylic acid groups (broad SMARTS) is 1. The fraction of sp³-hybridized carbons (Fsp3) is 0.308. The summed E-state index contributed by atoms with van der Waals surface area (Å²) in [5.74, 6) is -1.58. The first-order chi connectivity index (χ1) is 17.0. The molecule has 0 bridgehead atoms. The van der Waals surface area contributed by atoms with Gasteiger partial charge in [-0.05, 0) is 28.7 Å². The van der Waals surface area contributed by atoms with Crippen molar-refractivity contribution in [2.45, 2.75) is 44.7 Å². The van der Waals surface area contributed by atoms with Gasteiger partial charge in [-0.3, -0.25) is 14.8 Å². The lowest BCUT2D eigenvalue weighted by Gasteiger charge is -2.14. The van der Waals surface area contributed by atoms with Gasteiger partial charge in [0, 0.05) is 12.1 Å². The maximum Gasteiger partial charge on any atom is 0.411 e. The van der Waals surface area contributed by atoms with Gasteiger partial charge >= 0.3 is 12.1 Å². The van der Waals surface area contributed by atoms with E-state index < -0.39 is 24.0 Å². The molecule has 0 aliphatic heterocycles. The summed E-state index contributed by atoms with van der Waals surface area (Å²) in [6, 6.07) is 15.3. The summed E-state index contributed by atoms with van der Waals surface area (Å²) in [4.78, 5) is 36.0. The van der Waals surface area contributed by atoms with Crippen LogP contribution in [-0.4, -0.2) is 45.5 Å². The second kappa shape index (κ2) is 10.9. The van der Waals surface area contributed by atoms with Crippen molar-refractivity contribution in [3.63, 3.8) is 0 Å². The molecule has 0 radical (unpaired) electrons. The number of rotatable bonds is 10. The van der Waals surface area contributed by atoms with Gasteiger partial charge < -0.3 is 15.2 Å². The monoisotopic (exact) mass is 476 g/mol. The van der Waals surface area contributed by atoms with Crippen molar-refractivity contribution in [2.24, 2.45) is 0 Å². The molecule has 35 heavy (non-hydrogen) atoms. The second-order valence-corrected chi connectivity index (χ2v) is 8.48. The van der Waals surface area contributed by atoms with Crippen LogP contribution in [0.3, 0.4) is 0 Å². The van der Waals surface area contributed by atoms with Crippen LogP contribution in [-0.2, 0) is 20.9 Å². The molecular formula is C26H28N4O5. The van der Waals surface area contributed by atoms with E-state index in [-0.39, 0.29) is 19.1 Å². The van der Waals surface area contributed by atoms with E-state index in [4.69, 9.17) is 4.74 Å². The number of aromatic nitrogens is 2. The molecule has 1 heterocycles. The first-order valence-electron chi connectivity index (χ1n) is 11.6. The highest BCUT2D eigenvalue weighted by atomic mass is 16.5. The zero-order valence-corrected chi connectivity index (χ0v) is 19.4. The lowest BCUT2D eigenvalue weighted by molar-refractivity contribution is -0.142. The molecule has 0 saturated carbocycles. The lowest BCUT2D eigenvalue weighted by atomic mass is 9.98. The zero-order valence-electron chi connectivity index (χ0n) is 19.4. The van der Waals surface area contributed by atoms with Gasteiger partial charge in [-0.1, -0.05) is 68.3 Å². The maximum atomic E-state index is 12.4.